The monoisotopic (exact) mass is 509 g/mol. The molecular weight excluding hydrogens is 485 g/mol. The largest absolute Gasteiger partial charge is 0.507 e. The molecule has 1 amide bonds. The molecular formula is C24H25Cl2NO7. The number of amides is 1. The minimum Gasteiger partial charge on any atom is -0.507 e. The average molecular weight is 510 g/mol. The lowest BCUT2D eigenvalue weighted by molar-refractivity contribution is -0.140. The number of hydrogen-bond donors (Lipinski definition) is 1. The summed E-state index contributed by atoms with van der Waals surface area (Å²) in [4.78, 5) is 27.5. The molecule has 1 unspecified atom stereocenters. The zero-order chi connectivity index (χ0) is 25.0. The van der Waals surface area contributed by atoms with Crippen molar-refractivity contribution in [2.75, 3.05) is 41.1 Å². The molecule has 1 atom stereocenters. The van der Waals surface area contributed by atoms with Crippen LogP contribution in [-0.4, -0.2) is 62.8 Å². The van der Waals surface area contributed by atoms with Crippen LogP contribution in [0.5, 0.6) is 17.2 Å². The van der Waals surface area contributed by atoms with Gasteiger partial charge in [0.2, 0.25) is 0 Å². The first-order valence-electron chi connectivity index (χ1n) is 10.4. The molecule has 1 aliphatic heterocycles. The number of nitrogens with zero attached hydrogens (tertiary/aromatic N) is 1. The molecule has 0 saturated carbocycles. The normalized spacial score (nSPS) is 17.2. The quantitative estimate of drug-likeness (QED) is 0.302. The molecule has 1 N–H and O–H groups in total. The smallest absolute Gasteiger partial charge is 0.295 e. The van der Waals surface area contributed by atoms with Crippen molar-refractivity contribution in [1.29, 1.82) is 0 Å². The summed E-state index contributed by atoms with van der Waals surface area (Å²) < 4.78 is 21.3. The Morgan fingerprint density at radius 1 is 1.09 bits per heavy atom. The lowest BCUT2D eigenvalue weighted by Crippen LogP contribution is -2.32. The molecule has 3 rings (SSSR count). The van der Waals surface area contributed by atoms with Crippen LogP contribution in [0.3, 0.4) is 0 Å². The van der Waals surface area contributed by atoms with E-state index >= 15 is 0 Å². The fraction of sp³-hybridized carbons (Fsp3) is 0.333. The number of carbonyl (C=O) groups is 2. The lowest BCUT2D eigenvalue weighted by atomic mass is 9.94. The van der Waals surface area contributed by atoms with Gasteiger partial charge in [0.25, 0.3) is 11.7 Å². The van der Waals surface area contributed by atoms with Crippen molar-refractivity contribution in [1.82, 2.24) is 4.90 Å². The molecule has 0 bridgehead atoms. The molecule has 1 fully saturated rings. The highest BCUT2D eigenvalue weighted by atomic mass is 35.5. The number of methoxy groups -OCH3 is 3. The fourth-order valence-corrected chi connectivity index (χ4v) is 4.57. The van der Waals surface area contributed by atoms with Crippen LogP contribution in [-0.2, 0) is 14.3 Å². The van der Waals surface area contributed by atoms with Crippen LogP contribution in [0, 0.1) is 0 Å². The van der Waals surface area contributed by atoms with Crippen molar-refractivity contribution < 1.29 is 33.6 Å². The van der Waals surface area contributed by atoms with Crippen LogP contribution in [0.2, 0.25) is 10.0 Å². The van der Waals surface area contributed by atoms with Gasteiger partial charge in [0.05, 0.1) is 49.6 Å². The zero-order valence-corrected chi connectivity index (χ0v) is 20.7. The Morgan fingerprint density at radius 2 is 1.79 bits per heavy atom. The Kier molecular flexibility index (Phi) is 8.30. The number of hydrogen-bond acceptors (Lipinski definition) is 7. The molecule has 0 radical (unpaired) electrons. The summed E-state index contributed by atoms with van der Waals surface area (Å²) >= 11 is 12.7. The van der Waals surface area contributed by atoms with E-state index in [2.05, 4.69) is 0 Å². The second-order valence-corrected chi connectivity index (χ2v) is 8.06. The second kappa shape index (κ2) is 11.0. The molecule has 2 aromatic rings. The van der Waals surface area contributed by atoms with Crippen molar-refractivity contribution in [3.63, 3.8) is 0 Å². The third-order valence-electron chi connectivity index (χ3n) is 5.36. The Hall–Kier alpha value is -2.94. The molecule has 8 nitrogen and oxygen atoms in total. The number of aliphatic hydroxyl groups excluding tert-OH is 1. The maximum absolute atomic E-state index is 13.2. The van der Waals surface area contributed by atoms with Crippen molar-refractivity contribution in [2.24, 2.45) is 0 Å². The maximum atomic E-state index is 13.2. The van der Waals surface area contributed by atoms with Gasteiger partial charge in [-0.2, -0.15) is 0 Å². The van der Waals surface area contributed by atoms with E-state index in [0.29, 0.717) is 17.9 Å². The summed E-state index contributed by atoms with van der Waals surface area (Å²) in [5, 5.41) is 11.5. The average Bonchev–Trinajstić information content (AvgIpc) is 3.07. The van der Waals surface area contributed by atoms with E-state index in [1.54, 1.807) is 24.3 Å². The van der Waals surface area contributed by atoms with Gasteiger partial charge in [0, 0.05) is 13.7 Å². The number of Topliss-reactive ketones (excluding diaryl/α,β-unsaturated/α-hetero) is 1. The Labute approximate surface area is 207 Å². The topological polar surface area (TPSA) is 94.5 Å². The van der Waals surface area contributed by atoms with Crippen LogP contribution in [0.4, 0.5) is 0 Å². The first kappa shape index (κ1) is 25.7. The maximum Gasteiger partial charge on any atom is 0.295 e. The van der Waals surface area contributed by atoms with E-state index in [4.69, 9.17) is 42.1 Å². The first-order chi connectivity index (χ1) is 16.3. The van der Waals surface area contributed by atoms with Gasteiger partial charge in [-0.15, -0.1) is 0 Å². The zero-order valence-electron chi connectivity index (χ0n) is 19.2. The molecule has 1 aliphatic rings. The SMILES string of the molecule is CCOc1cccc(C2/C(=C(\O)c3cc(Cl)c(OC)c(Cl)c3OC)C(=O)C(=O)N2CCOC)c1. The molecule has 0 spiro atoms. The number of halogens is 2. The number of likely N-dealkylation sites (tertiary alicyclic amines) is 1. The highest BCUT2D eigenvalue weighted by Gasteiger charge is 2.46. The third kappa shape index (κ3) is 4.66. The van der Waals surface area contributed by atoms with Gasteiger partial charge in [0.15, 0.2) is 11.5 Å². The molecule has 1 heterocycles. The van der Waals surface area contributed by atoms with Gasteiger partial charge in [0.1, 0.15) is 16.5 Å². The minimum atomic E-state index is -0.903. The van der Waals surface area contributed by atoms with Crippen LogP contribution >= 0.6 is 23.2 Å². The van der Waals surface area contributed by atoms with E-state index in [1.807, 2.05) is 6.92 Å². The summed E-state index contributed by atoms with van der Waals surface area (Å²) in [5.41, 5.74) is 0.492. The predicted molar refractivity (Wildman–Crippen MR) is 128 cm³/mol. The number of ether oxygens (including phenoxy) is 4. The van der Waals surface area contributed by atoms with Crippen molar-refractivity contribution >= 4 is 40.7 Å². The third-order valence-corrected chi connectivity index (χ3v) is 5.98. The summed E-state index contributed by atoms with van der Waals surface area (Å²) in [6, 6.07) is 7.45. The van der Waals surface area contributed by atoms with Crippen LogP contribution in [0.1, 0.15) is 24.1 Å². The number of aliphatic hydroxyl groups is 1. The van der Waals surface area contributed by atoms with Crippen molar-refractivity contribution in [3.05, 3.63) is 57.1 Å². The first-order valence-corrected chi connectivity index (χ1v) is 11.2. The van der Waals surface area contributed by atoms with Crippen LogP contribution in [0.25, 0.3) is 5.76 Å². The Morgan fingerprint density at radius 3 is 2.41 bits per heavy atom. The van der Waals surface area contributed by atoms with E-state index in [-0.39, 0.29) is 45.8 Å². The lowest BCUT2D eigenvalue weighted by Gasteiger charge is -2.25. The summed E-state index contributed by atoms with van der Waals surface area (Å²) in [6.45, 7) is 2.61. The van der Waals surface area contributed by atoms with E-state index in [0.717, 1.165) is 0 Å². The van der Waals surface area contributed by atoms with Gasteiger partial charge in [-0.1, -0.05) is 35.3 Å². The Balaban J connectivity index is 2.28. The van der Waals surface area contributed by atoms with E-state index in [9.17, 15) is 14.7 Å². The van der Waals surface area contributed by atoms with Gasteiger partial charge >= 0.3 is 0 Å². The number of carbonyl (C=O) groups excluding carboxylic acids is 2. The van der Waals surface area contributed by atoms with Gasteiger partial charge in [-0.05, 0) is 30.7 Å². The molecule has 182 valence electrons. The van der Waals surface area contributed by atoms with E-state index in [1.165, 1.54) is 32.3 Å². The van der Waals surface area contributed by atoms with Crippen LogP contribution in [0.15, 0.2) is 35.9 Å². The van der Waals surface area contributed by atoms with Gasteiger partial charge in [-0.25, -0.2) is 0 Å². The predicted octanol–water partition coefficient (Wildman–Crippen LogP) is 4.48. The minimum absolute atomic E-state index is 0.0163. The van der Waals surface area contributed by atoms with Crippen molar-refractivity contribution in [3.8, 4) is 17.2 Å². The number of benzene rings is 2. The summed E-state index contributed by atoms with van der Waals surface area (Å²) in [5.74, 6) is -1.34. The molecule has 10 heteroatoms. The van der Waals surface area contributed by atoms with Crippen molar-refractivity contribution in [2.45, 2.75) is 13.0 Å². The Bertz CT molecular complexity index is 1130. The number of ketones is 1. The highest BCUT2D eigenvalue weighted by molar-refractivity contribution is 6.47. The van der Waals surface area contributed by atoms with Gasteiger partial charge in [-0.3, -0.25) is 9.59 Å². The molecule has 1 saturated heterocycles. The molecule has 0 aromatic heterocycles. The molecule has 2 aromatic carbocycles. The van der Waals surface area contributed by atoms with E-state index < -0.39 is 23.5 Å². The highest BCUT2D eigenvalue weighted by Crippen LogP contribution is 2.47. The van der Waals surface area contributed by atoms with Crippen LogP contribution < -0.4 is 14.2 Å². The fourth-order valence-electron chi connectivity index (χ4n) is 3.88. The summed E-state index contributed by atoms with van der Waals surface area (Å²) in [7, 11) is 4.23. The standard InChI is InChI=1S/C24H25Cl2NO7/c1-5-34-14-8-6-7-13(11-14)19-17(21(29)24(30)27(19)9-10-31-2)20(28)15-12-16(25)23(33-4)18(26)22(15)32-3/h6-8,11-12,19,28H,5,9-10H2,1-4H3/b20-17+. The number of rotatable bonds is 9. The second-order valence-electron chi connectivity index (χ2n) is 7.28. The van der Waals surface area contributed by atoms with Gasteiger partial charge < -0.3 is 29.0 Å². The summed E-state index contributed by atoms with van der Waals surface area (Å²) in [6.07, 6.45) is 0. The molecule has 0 aliphatic carbocycles. The molecule has 34 heavy (non-hydrogen) atoms.